The van der Waals surface area contributed by atoms with Crippen molar-refractivity contribution in [3.8, 4) is 0 Å². The van der Waals surface area contributed by atoms with Crippen LogP contribution in [0.25, 0.3) is 0 Å². The molecule has 3 N–H and O–H groups in total. The van der Waals surface area contributed by atoms with Crippen LogP contribution >= 0.6 is 0 Å². The van der Waals surface area contributed by atoms with E-state index in [0.29, 0.717) is 5.69 Å². The molecule has 10 heavy (non-hydrogen) atoms. The monoisotopic (exact) mass is 143 g/mol. The first-order valence-corrected chi connectivity index (χ1v) is 2.75. The molecule has 1 aromatic carbocycles. The summed E-state index contributed by atoms with van der Waals surface area (Å²) >= 11 is 0. The molecule has 0 atom stereocenters. The topological polar surface area (TPSA) is 46.2 Å². The molecule has 0 saturated carbocycles. The van der Waals surface area contributed by atoms with Crippen molar-refractivity contribution in [3.63, 3.8) is 0 Å². The first-order chi connectivity index (χ1) is 4.79. The second-order valence-electron chi connectivity index (χ2n) is 1.55. The zero-order valence-electron chi connectivity index (χ0n) is 5.71. The Bertz CT molecular complexity index is 152. The minimum Gasteiger partial charge on any atom is -0.400 e. The molecule has 0 spiro atoms. The summed E-state index contributed by atoms with van der Waals surface area (Å²) in [5.74, 6) is -0.251. The van der Waals surface area contributed by atoms with Gasteiger partial charge in [-0.3, -0.25) is 0 Å². The van der Waals surface area contributed by atoms with Gasteiger partial charge in [-0.1, -0.05) is 0 Å². The second-order valence-corrected chi connectivity index (χ2v) is 1.55. The van der Waals surface area contributed by atoms with E-state index in [1.165, 1.54) is 24.3 Å². The van der Waals surface area contributed by atoms with Gasteiger partial charge in [-0.2, -0.15) is 0 Å². The number of benzene rings is 1. The maximum absolute atomic E-state index is 12.0. The Kier molecular flexibility index (Phi) is 4.24. The highest BCUT2D eigenvalue weighted by Gasteiger charge is 1.83. The second kappa shape index (κ2) is 4.76. The summed E-state index contributed by atoms with van der Waals surface area (Å²) in [5.41, 5.74) is 5.85. The SMILES string of the molecule is CO.Nc1ccc(F)cc1. The molecule has 0 saturated heterocycles. The fourth-order valence-corrected chi connectivity index (χ4v) is 0.463. The van der Waals surface area contributed by atoms with Crippen molar-refractivity contribution in [3.05, 3.63) is 30.1 Å². The van der Waals surface area contributed by atoms with Crippen molar-refractivity contribution < 1.29 is 9.50 Å². The van der Waals surface area contributed by atoms with Gasteiger partial charge >= 0.3 is 0 Å². The molecule has 0 bridgehead atoms. The molecule has 0 unspecified atom stereocenters. The molecule has 0 fully saturated rings. The molecule has 0 aliphatic rings. The van der Waals surface area contributed by atoms with Crippen LogP contribution in [0.1, 0.15) is 0 Å². The highest BCUT2D eigenvalue weighted by molar-refractivity contribution is 5.36. The third-order valence-corrected chi connectivity index (χ3v) is 0.870. The minimum absolute atomic E-state index is 0.251. The number of nitrogens with two attached hydrogens (primary N) is 1. The molecular formula is C7H10FNO. The van der Waals surface area contributed by atoms with E-state index in [2.05, 4.69) is 0 Å². The standard InChI is InChI=1S/C6H6FN.CH4O/c7-5-1-3-6(8)4-2-5;1-2/h1-4H,8H2;2H,1H3. The quantitative estimate of drug-likeness (QED) is 0.532. The Balaban J connectivity index is 0.000000371. The van der Waals surface area contributed by atoms with Crippen molar-refractivity contribution in [1.29, 1.82) is 0 Å². The normalized spacial score (nSPS) is 7.90. The summed E-state index contributed by atoms with van der Waals surface area (Å²) in [7, 11) is 1.00. The maximum Gasteiger partial charge on any atom is 0.123 e. The van der Waals surface area contributed by atoms with Crippen LogP contribution < -0.4 is 5.73 Å². The van der Waals surface area contributed by atoms with Gasteiger partial charge in [-0.25, -0.2) is 4.39 Å². The van der Waals surface area contributed by atoms with Crippen LogP contribution in [0.4, 0.5) is 10.1 Å². The molecule has 0 amide bonds. The van der Waals surface area contributed by atoms with Crippen molar-refractivity contribution in [1.82, 2.24) is 0 Å². The van der Waals surface area contributed by atoms with E-state index in [9.17, 15) is 4.39 Å². The van der Waals surface area contributed by atoms with Gasteiger partial charge in [0, 0.05) is 12.8 Å². The Morgan fingerprint density at radius 3 is 1.90 bits per heavy atom. The molecule has 56 valence electrons. The highest BCUT2D eigenvalue weighted by atomic mass is 19.1. The zero-order valence-corrected chi connectivity index (χ0v) is 5.71. The van der Waals surface area contributed by atoms with Gasteiger partial charge in [0.15, 0.2) is 0 Å². The molecule has 0 aliphatic heterocycles. The summed E-state index contributed by atoms with van der Waals surface area (Å²) in [4.78, 5) is 0. The smallest absolute Gasteiger partial charge is 0.123 e. The van der Waals surface area contributed by atoms with Gasteiger partial charge in [0.25, 0.3) is 0 Å². The van der Waals surface area contributed by atoms with E-state index in [-0.39, 0.29) is 5.82 Å². The summed E-state index contributed by atoms with van der Waals surface area (Å²) in [6, 6.07) is 5.70. The fraction of sp³-hybridized carbons (Fsp3) is 0.143. The first-order valence-electron chi connectivity index (χ1n) is 2.75. The van der Waals surface area contributed by atoms with E-state index >= 15 is 0 Å². The predicted molar refractivity (Wildman–Crippen MR) is 39.0 cm³/mol. The van der Waals surface area contributed by atoms with Crippen LogP contribution in [0, 0.1) is 5.82 Å². The summed E-state index contributed by atoms with van der Waals surface area (Å²) < 4.78 is 12.0. The third-order valence-electron chi connectivity index (χ3n) is 0.870. The molecule has 2 nitrogen and oxygen atoms in total. The number of rotatable bonds is 0. The van der Waals surface area contributed by atoms with Crippen molar-refractivity contribution in [2.75, 3.05) is 12.8 Å². The van der Waals surface area contributed by atoms with Crippen LogP contribution in [0.3, 0.4) is 0 Å². The average molecular weight is 143 g/mol. The van der Waals surface area contributed by atoms with Crippen LogP contribution in [0.2, 0.25) is 0 Å². The van der Waals surface area contributed by atoms with E-state index in [1.807, 2.05) is 0 Å². The molecule has 0 aromatic heterocycles. The number of nitrogen functional groups attached to an aromatic ring is 1. The van der Waals surface area contributed by atoms with E-state index in [4.69, 9.17) is 10.8 Å². The van der Waals surface area contributed by atoms with Gasteiger partial charge < -0.3 is 10.8 Å². The number of halogens is 1. The highest BCUT2D eigenvalue weighted by Crippen LogP contribution is 2.01. The predicted octanol–water partition coefficient (Wildman–Crippen LogP) is 1.02. The first kappa shape index (κ1) is 8.91. The lowest BCUT2D eigenvalue weighted by Gasteiger charge is -1.87. The van der Waals surface area contributed by atoms with Gasteiger partial charge in [0.05, 0.1) is 0 Å². The van der Waals surface area contributed by atoms with Crippen LogP contribution in [-0.4, -0.2) is 12.2 Å². The maximum atomic E-state index is 12.0. The van der Waals surface area contributed by atoms with E-state index in [0.717, 1.165) is 7.11 Å². The van der Waals surface area contributed by atoms with Gasteiger partial charge in [-0.15, -0.1) is 0 Å². The van der Waals surface area contributed by atoms with Crippen LogP contribution in [-0.2, 0) is 0 Å². The fourth-order valence-electron chi connectivity index (χ4n) is 0.463. The molecule has 1 rings (SSSR count). The molecule has 3 heteroatoms. The number of aliphatic hydroxyl groups excluding tert-OH is 1. The number of anilines is 1. The summed E-state index contributed by atoms with van der Waals surface area (Å²) in [6.07, 6.45) is 0. The molecular weight excluding hydrogens is 133 g/mol. The molecule has 0 aliphatic carbocycles. The number of hydrogen-bond donors (Lipinski definition) is 2. The number of aliphatic hydroxyl groups is 1. The lowest BCUT2D eigenvalue weighted by molar-refractivity contribution is 0.399. The molecule has 1 aromatic rings. The summed E-state index contributed by atoms with van der Waals surface area (Å²) in [5, 5.41) is 7.00. The molecule has 0 radical (unpaired) electrons. The zero-order chi connectivity index (χ0) is 7.98. The van der Waals surface area contributed by atoms with E-state index < -0.39 is 0 Å². The Labute approximate surface area is 59.1 Å². The Hall–Kier alpha value is -1.09. The third kappa shape index (κ3) is 3.04. The average Bonchev–Trinajstić information content (AvgIpc) is 2.00. The minimum atomic E-state index is -0.251. The Morgan fingerprint density at radius 1 is 1.20 bits per heavy atom. The Morgan fingerprint density at radius 2 is 1.60 bits per heavy atom. The molecule has 0 heterocycles. The van der Waals surface area contributed by atoms with E-state index in [1.54, 1.807) is 0 Å². The van der Waals surface area contributed by atoms with Crippen LogP contribution in [0.5, 0.6) is 0 Å². The van der Waals surface area contributed by atoms with Crippen molar-refractivity contribution >= 4 is 5.69 Å². The van der Waals surface area contributed by atoms with Crippen LogP contribution in [0.15, 0.2) is 24.3 Å². The lowest BCUT2D eigenvalue weighted by Crippen LogP contribution is -1.82. The van der Waals surface area contributed by atoms with Crippen molar-refractivity contribution in [2.24, 2.45) is 0 Å². The lowest BCUT2D eigenvalue weighted by atomic mass is 10.3. The van der Waals surface area contributed by atoms with Gasteiger partial charge in [0.1, 0.15) is 5.82 Å². The van der Waals surface area contributed by atoms with Crippen molar-refractivity contribution in [2.45, 2.75) is 0 Å². The van der Waals surface area contributed by atoms with Gasteiger partial charge in [0.2, 0.25) is 0 Å². The van der Waals surface area contributed by atoms with Gasteiger partial charge in [-0.05, 0) is 24.3 Å². The summed E-state index contributed by atoms with van der Waals surface area (Å²) in [6.45, 7) is 0. The largest absolute Gasteiger partial charge is 0.400 e. The number of hydrogen-bond acceptors (Lipinski definition) is 2.